The van der Waals surface area contributed by atoms with Crippen LogP contribution in [0.4, 0.5) is 11.4 Å². The molecule has 2 aromatic carbocycles. The number of fused-ring (bicyclic) bond motifs is 1. The second kappa shape index (κ2) is 8.30. The number of anilines is 2. The number of amides is 2. The number of halogens is 1. The van der Waals surface area contributed by atoms with E-state index in [0.29, 0.717) is 5.69 Å². The minimum Gasteiger partial charge on any atom is -0.363 e. The zero-order chi connectivity index (χ0) is 23.2. The largest absolute Gasteiger partial charge is 0.363 e. The molecule has 0 bridgehead atoms. The molecule has 1 N–H and O–H groups in total. The van der Waals surface area contributed by atoms with Crippen LogP contribution in [0.1, 0.15) is 38.8 Å². The van der Waals surface area contributed by atoms with E-state index in [1.807, 2.05) is 24.3 Å². The maximum atomic E-state index is 13.3. The topological polar surface area (TPSA) is 52.7 Å². The number of allylic oxidation sites excluding steroid dienone is 1. The van der Waals surface area contributed by atoms with E-state index in [-0.39, 0.29) is 16.2 Å². The van der Waals surface area contributed by atoms with Crippen LogP contribution in [0.15, 0.2) is 58.6 Å². The Balaban J connectivity index is 1.74. The van der Waals surface area contributed by atoms with Crippen molar-refractivity contribution in [2.45, 2.75) is 33.2 Å². The number of carbonyl (C=O) groups is 2. The number of hydrogen-bond acceptors (Lipinski definition) is 4. The monoisotopic (exact) mass is 509 g/mol. The lowest BCUT2D eigenvalue weighted by Crippen LogP contribution is -2.54. The number of benzene rings is 2. The van der Waals surface area contributed by atoms with E-state index in [2.05, 4.69) is 66.0 Å². The second-order valence-corrected chi connectivity index (χ2v) is 9.74. The molecule has 7 heteroatoms. The minimum absolute atomic E-state index is 0.0478. The Kier molecular flexibility index (Phi) is 5.81. The normalized spacial score (nSPS) is 19.1. The zero-order valence-electron chi connectivity index (χ0n) is 18.4. The van der Waals surface area contributed by atoms with Gasteiger partial charge in [0.15, 0.2) is 5.11 Å². The van der Waals surface area contributed by atoms with Crippen LogP contribution in [-0.2, 0) is 9.59 Å². The van der Waals surface area contributed by atoms with Gasteiger partial charge in [0.05, 0.1) is 11.2 Å². The molecule has 4 rings (SSSR count). The molecular weight excluding hydrogens is 486 g/mol. The maximum absolute atomic E-state index is 13.3. The summed E-state index contributed by atoms with van der Waals surface area (Å²) in [4.78, 5) is 29.6. The molecule has 1 fully saturated rings. The van der Waals surface area contributed by atoms with Gasteiger partial charge in [-0.2, -0.15) is 0 Å². The average Bonchev–Trinajstić information content (AvgIpc) is 2.72. The first-order chi connectivity index (χ1) is 15.1. The highest BCUT2D eigenvalue weighted by Crippen LogP contribution is 2.39. The summed E-state index contributed by atoms with van der Waals surface area (Å²) < 4.78 is 0.887. The summed E-state index contributed by atoms with van der Waals surface area (Å²) in [5.74, 6) is -0.933. The van der Waals surface area contributed by atoms with Crippen LogP contribution in [-0.4, -0.2) is 29.0 Å². The van der Waals surface area contributed by atoms with Crippen molar-refractivity contribution in [2.24, 2.45) is 0 Å². The van der Waals surface area contributed by atoms with Crippen molar-refractivity contribution in [1.29, 1.82) is 0 Å². The molecule has 5 nitrogen and oxygen atoms in total. The Bertz CT molecular complexity index is 1200. The second-order valence-electron chi connectivity index (χ2n) is 8.44. The number of thiocarbonyl (C=S) groups is 1. The third-order valence-corrected chi connectivity index (χ3v) is 6.63. The van der Waals surface area contributed by atoms with Crippen molar-refractivity contribution in [3.05, 3.63) is 69.7 Å². The molecule has 0 unspecified atom stereocenters. The first kappa shape index (κ1) is 22.4. The molecule has 2 aliphatic rings. The predicted octanol–water partition coefficient (Wildman–Crippen LogP) is 5.30. The van der Waals surface area contributed by atoms with Gasteiger partial charge in [-0.05, 0) is 93.5 Å². The quantitative estimate of drug-likeness (QED) is 0.346. The lowest BCUT2D eigenvalue weighted by Gasteiger charge is -2.42. The highest BCUT2D eigenvalue weighted by molar-refractivity contribution is 9.10. The number of rotatable bonds is 3. The summed E-state index contributed by atoms with van der Waals surface area (Å²) >= 11 is 8.67. The highest BCUT2D eigenvalue weighted by atomic mass is 79.9. The standard InChI is InChI=1S/C25H24BrN3O2S/c1-5-28-21-11-6-16(12-19(21)15(2)14-25(28,3)4)13-20-22(30)27-24(32)29(23(20)31)18-9-7-17(26)8-10-18/h6-14H,5H2,1-4H3,(H,27,30,32)/b20-13+. The summed E-state index contributed by atoms with van der Waals surface area (Å²) in [6.45, 7) is 9.51. The van der Waals surface area contributed by atoms with Crippen LogP contribution in [0.25, 0.3) is 11.6 Å². The molecule has 2 heterocycles. The Morgan fingerprint density at radius 2 is 1.81 bits per heavy atom. The number of nitrogens with zero attached hydrogens (tertiary/aromatic N) is 2. The van der Waals surface area contributed by atoms with E-state index < -0.39 is 11.8 Å². The van der Waals surface area contributed by atoms with E-state index in [0.717, 1.165) is 27.8 Å². The Morgan fingerprint density at radius 1 is 1.12 bits per heavy atom. The van der Waals surface area contributed by atoms with Gasteiger partial charge in [0.1, 0.15) is 5.57 Å². The van der Waals surface area contributed by atoms with Gasteiger partial charge in [-0.3, -0.25) is 19.8 Å². The number of likely N-dealkylation sites (N-methyl/N-ethyl adjacent to an activating group) is 1. The van der Waals surface area contributed by atoms with Gasteiger partial charge < -0.3 is 4.90 Å². The average molecular weight is 510 g/mol. The summed E-state index contributed by atoms with van der Waals surface area (Å²) in [6.07, 6.45) is 3.89. The van der Waals surface area contributed by atoms with E-state index in [9.17, 15) is 9.59 Å². The van der Waals surface area contributed by atoms with Gasteiger partial charge in [0.2, 0.25) is 0 Å². The summed E-state index contributed by atoms with van der Waals surface area (Å²) in [7, 11) is 0. The molecule has 164 valence electrons. The van der Waals surface area contributed by atoms with Gasteiger partial charge in [-0.15, -0.1) is 0 Å². The van der Waals surface area contributed by atoms with Crippen LogP contribution in [0.3, 0.4) is 0 Å². The Labute approximate surface area is 201 Å². The van der Waals surface area contributed by atoms with Gasteiger partial charge in [0, 0.05) is 22.3 Å². The van der Waals surface area contributed by atoms with E-state index in [1.165, 1.54) is 10.5 Å². The van der Waals surface area contributed by atoms with Gasteiger partial charge in [-0.25, -0.2) is 0 Å². The van der Waals surface area contributed by atoms with E-state index in [1.54, 1.807) is 18.2 Å². The fourth-order valence-electron chi connectivity index (χ4n) is 4.42. The zero-order valence-corrected chi connectivity index (χ0v) is 20.8. The molecule has 0 aromatic heterocycles. The third kappa shape index (κ3) is 3.91. The first-order valence-corrected chi connectivity index (χ1v) is 11.6. The molecule has 0 atom stereocenters. The predicted molar refractivity (Wildman–Crippen MR) is 138 cm³/mol. The van der Waals surface area contributed by atoms with Crippen LogP contribution in [0.2, 0.25) is 0 Å². The third-order valence-electron chi connectivity index (χ3n) is 5.82. The number of carbonyl (C=O) groups excluding carboxylic acids is 2. The molecule has 2 aromatic rings. The molecule has 2 amide bonds. The van der Waals surface area contributed by atoms with Crippen molar-refractivity contribution in [3.8, 4) is 0 Å². The number of hydrogen-bond donors (Lipinski definition) is 1. The first-order valence-electron chi connectivity index (χ1n) is 10.4. The van der Waals surface area contributed by atoms with Gasteiger partial charge >= 0.3 is 0 Å². The van der Waals surface area contributed by atoms with Crippen molar-refractivity contribution >= 4 is 68.1 Å². The molecular formula is C25H24BrN3O2S. The van der Waals surface area contributed by atoms with Crippen molar-refractivity contribution in [2.75, 3.05) is 16.3 Å². The molecule has 1 saturated heterocycles. The van der Waals surface area contributed by atoms with Crippen molar-refractivity contribution in [3.63, 3.8) is 0 Å². The van der Waals surface area contributed by atoms with E-state index >= 15 is 0 Å². The smallest absolute Gasteiger partial charge is 0.270 e. The maximum Gasteiger partial charge on any atom is 0.270 e. The van der Waals surface area contributed by atoms with E-state index in [4.69, 9.17) is 12.2 Å². The fraction of sp³-hybridized carbons (Fsp3) is 0.240. The Hall–Kier alpha value is -2.77. The summed E-state index contributed by atoms with van der Waals surface area (Å²) in [5, 5.41) is 2.71. The molecule has 2 aliphatic heterocycles. The molecule has 0 spiro atoms. The molecule has 32 heavy (non-hydrogen) atoms. The van der Waals surface area contributed by atoms with Crippen LogP contribution in [0.5, 0.6) is 0 Å². The summed E-state index contributed by atoms with van der Waals surface area (Å²) in [5.41, 5.74) is 4.78. The SMILES string of the molecule is CCN1c2ccc(/C=C3\C(=O)NC(=S)N(c4ccc(Br)cc4)C3=O)cc2C(C)=CC1(C)C. The lowest BCUT2D eigenvalue weighted by molar-refractivity contribution is -0.122. The number of nitrogens with one attached hydrogen (secondary N) is 1. The molecule has 0 saturated carbocycles. The molecule has 0 radical (unpaired) electrons. The lowest BCUT2D eigenvalue weighted by atomic mass is 9.88. The van der Waals surface area contributed by atoms with Crippen molar-refractivity contribution < 1.29 is 9.59 Å². The van der Waals surface area contributed by atoms with Crippen LogP contribution < -0.4 is 15.1 Å². The molecule has 0 aliphatic carbocycles. The van der Waals surface area contributed by atoms with Crippen molar-refractivity contribution in [1.82, 2.24) is 5.32 Å². The van der Waals surface area contributed by atoms with Gasteiger partial charge in [0.25, 0.3) is 11.8 Å². The fourth-order valence-corrected chi connectivity index (χ4v) is 4.96. The Morgan fingerprint density at radius 3 is 2.47 bits per heavy atom. The van der Waals surface area contributed by atoms with Crippen LogP contribution >= 0.6 is 28.1 Å². The highest BCUT2D eigenvalue weighted by Gasteiger charge is 2.35. The van der Waals surface area contributed by atoms with Crippen LogP contribution in [0, 0.1) is 0 Å². The summed E-state index contributed by atoms with van der Waals surface area (Å²) in [6, 6.07) is 13.2. The minimum atomic E-state index is -0.491. The van der Waals surface area contributed by atoms with Gasteiger partial charge in [-0.1, -0.05) is 28.1 Å².